The monoisotopic (exact) mass is 318 g/mol. The van der Waals surface area contributed by atoms with Crippen molar-refractivity contribution in [3.05, 3.63) is 64.2 Å². The number of carboxylic acids is 1. The van der Waals surface area contributed by atoms with Gasteiger partial charge in [-0.05, 0) is 29.8 Å². The summed E-state index contributed by atoms with van der Waals surface area (Å²) in [5.74, 6) is -3.08. The van der Waals surface area contributed by atoms with Gasteiger partial charge in [0.2, 0.25) is 0 Å². The molecule has 0 aliphatic heterocycles. The minimum Gasteiger partial charge on any atom is -0.507 e. The van der Waals surface area contributed by atoms with Crippen LogP contribution in [0.1, 0.15) is 26.3 Å². The van der Waals surface area contributed by atoms with Crippen LogP contribution in [0.4, 0.5) is 0 Å². The van der Waals surface area contributed by atoms with Gasteiger partial charge in [-0.3, -0.25) is 4.79 Å². The molecule has 2 aromatic carbocycles. The molecule has 5 nitrogen and oxygen atoms in total. The van der Waals surface area contributed by atoms with Crippen LogP contribution >= 0.6 is 11.6 Å². The molecule has 0 heterocycles. The summed E-state index contributed by atoms with van der Waals surface area (Å²) in [5.41, 5.74) is 0.0518. The molecule has 0 bridgehead atoms. The summed E-state index contributed by atoms with van der Waals surface area (Å²) in [6, 6.07) is 8.48. The molecule has 0 saturated carbocycles. The van der Waals surface area contributed by atoms with E-state index in [9.17, 15) is 19.8 Å². The molecule has 0 atom stereocenters. The summed E-state index contributed by atoms with van der Waals surface area (Å²) >= 11 is 5.75. The summed E-state index contributed by atoms with van der Waals surface area (Å²) < 4.78 is 0. The first kappa shape index (κ1) is 15.6. The lowest BCUT2D eigenvalue weighted by Crippen LogP contribution is -2.02. The van der Waals surface area contributed by atoms with Gasteiger partial charge in [-0.15, -0.1) is 0 Å². The minimum absolute atomic E-state index is 0.208. The Morgan fingerprint density at radius 3 is 2.14 bits per heavy atom. The van der Waals surface area contributed by atoms with Crippen molar-refractivity contribution in [1.82, 2.24) is 0 Å². The highest BCUT2D eigenvalue weighted by Crippen LogP contribution is 2.28. The Bertz CT molecular complexity index is 763. The normalized spacial score (nSPS) is 10.8. The molecule has 3 N–H and O–H groups in total. The van der Waals surface area contributed by atoms with Crippen molar-refractivity contribution in [2.24, 2.45) is 0 Å². The average Bonchev–Trinajstić information content (AvgIpc) is 2.46. The Balaban J connectivity index is 2.31. The maximum Gasteiger partial charge on any atom is 0.339 e. The quantitative estimate of drug-likeness (QED) is 0.593. The lowest BCUT2D eigenvalue weighted by atomic mass is 10.0. The van der Waals surface area contributed by atoms with Crippen LogP contribution in [0.25, 0.3) is 6.08 Å². The Morgan fingerprint density at radius 1 is 0.955 bits per heavy atom. The van der Waals surface area contributed by atoms with E-state index in [1.54, 1.807) is 24.3 Å². The van der Waals surface area contributed by atoms with Gasteiger partial charge < -0.3 is 15.3 Å². The second kappa shape index (κ2) is 6.32. The van der Waals surface area contributed by atoms with Crippen molar-refractivity contribution in [2.45, 2.75) is 0 Å². The van der Waals surface area contributed by atoms with E-state index in [4.69, 9.17) is 16.7 Å². The molecule has 2 rings (SSSR count). The van der Waals surface area contributed by atoms with Crippen LogP contribution in [0.2, 0.25) is 5.02 Å². The van der Waals surface area contributed by atoms with Crippen LogP contribution in [0.15, 0.2) is 42.5 Å². The van der Waals surface area contributed by atoms with E-state index in [-0.39, 0.29) is 5.56 Å². The van der Waals surface area contributed by atoms with Crippen LogP contribution in [-0.4, -0.2) is 27.1 Å². The van der Waals surface area contributed by atoms with E-state index < -0.39 is 28.8 Å². The highest BCUT2D eigenvalue weighted by molar-refractivity contribution is 6.30. The van der Waals surface area contributed by atoms with Gasteiger partial charge in [-0.2, -0.15) is 0 Å². The molecule has 2 aromatic rings. The van der Waals surface area contributed by atoms with Crippen molar-refractivity contribution in [3.63, 3.8) is 0 Å². The fraction of sp³-hybridized carbons (Fsp3) is 0. The molecule has 0 amide bonds. The zero-order valence-electron chi connectivity index (χ0n) is 11.2. The molecule has 0 fully saturated rings. The molecular formula is C16H11ClO5. The number of phenols is 2. The molecule has 0 aliphatic carbocycles. The van der Waals surface area contributed by atoms with E-state index >= 15 is 0 Å². The lowest BCUT2D eigenvalue weighted by Gasteiger charge is -2.05. The highest BCUT2D eigenvalue weighted by atomic mass is 35.5. The fourth-order valence-corrected chi connectivity index (χ4v) is 1.91. The second-order valence-electron chi connectivity index (χ2n) is 4.44. The molecule has 0 saturated heterocycles. The molecule has 0 spiro atoms. The topological polar surface area (TPSA) is 94.8 Å². The molecule has 6 heteroatoms. The van der Waals surface area contributed by atoms with Gasteiger partial charge in [0.05, 0.1) is 5.56 Å². The number of benzene rings is 2. The Kier molecular flexibility index (Phi) is 4.48. The summed E-state index contributed by atoms with van der Waals surface area (Å²) in [6.45, 7) is 0. The van der Waals surface area contributed by atoms with Crippen LogP contribution in [-0.2, 0) is 0 Å². The van der Waals surface area contributed by atoms with E-state index in [1.165, 1.54) is 12.2 Å². The molecule has 0 aromatic heterocycles. The van der Waals surface area contributed by atoms with E-state index in [2.05, 4.69) is 0 Å². The van der Waals surface area contributed by atoms with Crippen LogP contribution < -0.4 is 0 Å². The maximum absolute atomic E-state index is 12.0. The maximum atomic E-state index is 12.0. The largest absolute Gasteiger partial charge is 0.507 e. The summed E-state index contributed by atoms with van der Waals surface area (Å²) in [4.78, 5) is 23.0. The third-order valence-electron chi connectivity index (χ3n) is 2.91. The average molecular weight is 319 g/mol. The number of phenolic OH excluding ortho intramolecular Hbond substituents is 1. The third kappa shape index (κ3) is 3.45. The van der Waals surface area contributed by atoms with Gasteiger partial charge in [-0.25, -0.2) is 4.79 Å². The fourth-order valence-electron chi connectivity index (χ4n) is 1.78. The first-order valence-electron chi connectivity index (χ1n) is 6.15. The Hall–Kier alpha value is -2.79. The minimum atomic E-state index is -1.40. The van der Waals surface area contributed by atoms with Gasteiger partial charge in [-0.1, -0.05) is 29.8 Å². The van der Waals surface area contributed by atoms with Gasteiger partial charge in [0, 0.05) is 11.1 Å². The zero-order chi connectivity index (χ0) is 16.3. The standard InChI is InChI=1S/C16H11ClO5/c17-10-4-1-9(2-5-10)3-6-13(18)11-7-12(16(21)22)15(20)8-14(11)19/h1-8,19-20H,(H,21,22)/b6-3+. The van der Waals surface area contributed by atoms with Crippen molar-refractivity contribution in [3.8, 4) is 11.5 Å². The van der Waals surface area contributed by atoms with Crippen molar-refractivity contribution in [2.75, 3.05) is 0 Å². The smallest absolute Gasteiger partial charge is 0.339 e. The number of aromatic hydroxyl groups is 2. The predicted molar refractivity (Wildman–Crippen MR) is 81.5 cm³/mol. The molecule has 0 radical (unpaired) electrons. The third-order valence-corrected chi connectivity index (χ3v) is 3.16. The van der Waals surface area contributed by atoms with Crippen molar-refractivity contribution < 1.29 is 24.9 Å². The lowest BCUT2D eigenvalue weighted by molar-refractivity contribution is 0.0693. The van der Waals surface area contributed by atoms with Crippen molar-refractivity contribution >= 4 is 29.4 Å². The Morgan fingerprint density at radius 2 is 1.55 bits per heavy atom. The number of allylic oxidation sites excluding steroid dienone is 1. The number of halogens is 1. The first-order valence-corrected chi connectivity index (χ1v) is 6.53. The number of carbonyl (C=O) groups is 2. The molecular weight excluding hydrogens is 308 g/mol. The van der Waals surface area contributed by atoms with Gasteiger partial charge >= 0.3 is 5.97 Å². The number of carbonyl (C=O) groups excluding carboxylic acids is 1. The van der Waals surface area contributed by atoms with Crippen LogP contribution in [0, 0.1) is 0 Å². The van der Waals surface area contributed by atoms with Gasteiger partial charge in [0.1, 0.15) is 17.1 Å². The van der Waals surface area contributed by atoms with Crippen molar-refractivity contribution in [1.29, 1.82) is 0 Å². The Labute approximate surface area is 130 Å². The zero-order valence-corrected chi connectivity index (χ0v) is 11.9. The molecule has 22 heavy (non-hydrogen) atoms. The number of hydrogen-bond acceptors (Lipinski definition) is 4. The second-order valence-corrected chi connectivity index (χ2v) is 4.88. The number of hydrogen-bond donors (Lipinski definition) is 3. The first-order chi connectivity index (χ1) is 10.4. The number of aromatic carboxylic acids is 1. The predicted octanol–water partition coefficient (Wildman–Crippen LogP) is 3.35. The molecule has 0 aliphatic rings. The van der Waals surface area contributed by atoms with Crippen LogP contribution in [0.3, 0.4) is 0 Å². The summed E-state index contributed by atoms with van der Waals surface area (Å²) in [7, 11) is 0. The van der Waals surface area contributed by atoms with Gasteiger partial charge in [0.15, 0.2) is 5.78 Å². The molecule has 112 valence electrons. The number of ketones is 1. The van der Waals surface area contributed by atoms with Gasteiger partial charge in [0.25, 0.3) is 0 Å². The summed E-state index contributed by atoms with van der Waals surface area (Å²) in [6.07, 6.45) is 2.70. The number of carboxylic acid groups (broad SMARTS) is 1. The van der Waals surface area contributed by atoms with E-state index in [0.717, 1.165) is 17.7 Å². The van der Waals surface area contributed by atoms with E-state index in [0.29, 0.717) is 5.02 Å². The SMILES string of the molecule is O=C(O)c1cc(C(=O)/C=C/c2ccc(Cl)cc2)c(O)cc1O. The van der Waals surface area contributed by atoms with E-state index in [1.807, 2.05) is 0 Å². The van der Waals surface area contributed by atoms with Crippen LogP contribution in [0.5, 0.6) is 11.5 Å². The summed E-state index contributed by atoms with van der Waals surface area (Å²) in [5, 5.41) is 28.6. The molecule has 0 unspecified atom stereocenters. The number of rotatable bonds is 4. The highest BCUT2D eigenvalue weighted by Gasteiger charge is 2.17.